The summed E-state index contributed by atoms with van der Waals surface area (Å²) in [5.41, 5.74) is 0.969. The molecular formula is C10H6BrCl2N. The third-order valence-electron chi connectivity index (χ3n) is 2.08. The van der Waals surface area contributed by atoms with Crippen LogP contribution in [0.3, 0.4) is 0 Å². The fourth-order valence-electron chi connectivity index (χ4n) is 1.34. The van der Waals surface area contributed by atoms with Gasteiger partial charge >= 0.3 is 0 Å². The molecule has 0 unspecified atom stereocenters. The van der Waals surface area contributed by atoms with E-state index in [2.05, 4.69) is 20.9 Å². The van der Waals surface area contributed by atoms with Crippen molar-refractivity contribution in [3.63, 3.8) is 0 Å². The van der Waals surface area contributed by atoms with Crippen molar-refractivity contribution in [3.05, 3.63) is 38.5 Å². The van der Waals surface area contributed by atoms with Crippen LogP contribution in [0.25, 0.3) is 10.8 Å². The number of nitrogens with zero attached hydrogens (tertiary/aromatic N) is 1. The summed E-state index contributed by atoms with van der Waals surface area (Å²) in [7, 11) is 0. The number of fused-ring (bicyclic) bond motifs is 1. The smallest absolute Gasteiger partial charge is 0.0689 e. The summed E-state index contributed by atoms with van der Waals surface area (Å²) in [6, 6.07) is 2.00. The maximum Gasteiger partial charge on any atom is 0.0689 e. The van der Waals surface area contributed by atoms with Crippen LogP contribution in [0.15, 0.2) is 22.9 Å². The molecule has 0 spiro atoms. The SMILES string of the molecule is Cc1cc2c(Br)cncc2c(Cl)c1Cl. The van der Waals surface area contributed by atoms with E-state index >= 15 is 0 Å². The van der Waals surface area contributed by atoms with E-state index in [1.54, 1.807) is 12.4 Å². The Morgan fingerprint density at radius 3 is 2.57 bits per heavy atom. The number of hydrogen-bond acceptors (Lipinski definition) is 1. The molecule has 0 atom stereocenters. The van der Waals surface area contributed by atoms with E-state index in [4.69, 9.17) is 23.2 Å². The minimum atomic E-state index is 0.565. The van der Waals surface area contributed by atoms with Gasteiger partial charge in [0, 0.05) is 27.6 Å². The highest BCUT2D eigenvalue weighted by atomic mass is 79.9. The predicted octanol–water partition coefficient (Wildman–Crippen LogP) is 4.61. The molecule has 4 heteroatoms. The summed E-state index contributed by atoms with van der Waals surface area (Å²) < 4.78 is 0.927. The largest absolute Gasteiger partial charge is 0.263 e. The molecule has 14 heavy (non-hydrogen) atoms. The molecule has 1 nitrogen and oxygen atoms in total. The normalized spacial score (nSPS) is 10.9. The predicted molar refractivity (Wildman–Crippen MR) is 64.2 cm³/mol. The van der Waals surface area contributed by atoms with Crippen molar-refractivity contribution < 1.29 is 0 Å². The summed E-state index contributed by atoms with van der Waals surface area (Å²) in [5, 5.41) is 3.07. The van der Waals surface area contributed by atoms with Crippen LogP contribution in [0.1, 0.15) is 5.56 Å². The molecule has 0 saturated carbocycles. The molecule has 0 aliphatic heterocycles. The van der Waals surface area contributed by atoms with E-state index in [1.807, 2.05) is 13.0 Å². The summed E-state index contributed by atoms with van der Waals surface area (Å²) in [4.78, 5) is 4.05. The minimum absolute atomic E-state index is 0.565. The molecule has 1 aromatic heterocycles. The molecule has 0 fully saturated rings. The maximum atomic E-state index is 6.11. The summed E-state index contributed by atoms with van der Waals surface area (Å²) in [6.45, 7) is 1.93. The van der Waals surface area contributed by atoms with Crippen LogP contribution in [0.5, 0.6) is 0 Å². The maximum absolute atomic E-state index is 6.11. The van der Waals surface area contributed by atoms with Crippen molar-refractivity contribution in [3.8, 4) is 0 Å². The third-order valence-corrected chi connectivity index (χ3v) is 3.68. The van der Waals surface area contributed by atoms with Crippen molar-refractivity contribution in [1.82, 2.24) is 4.98 Å². The average Bonchev–Trinajstić information content (AvgIpc) is 2.17. The Morgan fingerprint density at radius 1 is 1.14 bits per heavy atom. The molecule has 72 valence electrons. The second-order valence-electron chi connectivity index (χ2n) is 3.04. The highest BCUT2D eigenvalue weighted by Crippen LogP contribution is 2.35. The first-order valence-corrected chi connectivity index (χ1v) is 5.54. The first kappa shape index (κ1) is 10.2. The number of halogens is 3. The first-order chi connectivity index (χ1) is 6.61. The van der Waals surface area contributed by atoms with Gasteiger partial charge in [0.25, 0.3) is 0 Å². The van der Waals surface area contributed by atoms with Crippen LogP contribution >= 0.6 is 39.1 Å². The number of rotatable bonds is 0. The zero-order chi connectivity index (χ0) is 10.3. The van der Waals surface area contributed by atoms with Gasteiger partial charge in [-0.15, -0.1) is 0 Å². The van der Waals surface area contributed by atoms with Gasteiger partial charge < -0.3 is 0 Å². The molecule has 0 aliphatic rings. The van der Waals surface area contributed by atoms with E-state index in [0.29, 0.717) is 10.0 Å². The second kappa shape index (κ2) is 3.69. The Labute approximate surface area is 100 Å². The van der Waals surface area contributed by atoms with Crippen molar-refractivity contribution in [2.45, 2.75) is 6.92 Å². The van der Waals surface area contributed by atoms with Crippen molar-refractivity contribution in [1.29, 1.82) is 0 Å². The number of aromatic nitrogens is 1. The van der Waals surface area contributed by atoms with Crippen LogP contribution in [0, 0.1) is 6.92 Å². The topological polar surface area (TPSA) is 12.9 Å². The van der Waals surface area contributed by atoms with E-state index in [1.165, 1.54) is 0 Å². The first-order valence-electron chi connectivity index (χ1n) is 3.99. The lowest BCUT2D eigenvalue weighted by atomic mass is 10.1. The fraction of sp³-hybridized carbons (Fsp3) is 0.100. The summed E-state index contributed by atoms with van der Waals surface area (Å²) >= 11 is 15.6. The molecule has 1 heterocycles. The molecule has 1 aromatic carbocycles. The molecule has 0 N–H and O–H groups in total. The van der Waals surface area contributed by atoms with Gasteiger partial charge in [0.2, 0.25) is 0 Å². The lowest BCUT2D eigenvalue weighted by Crippen LogP contribution is -1.84. The van der Waals surface area contributed by atoms with Crippen LogP contribution in [0.4, 0.5) is 0 Å². The average molecular weight is 291 g/mol. The Hall–Kier alpha value is -0.310. The lowest BCUT2D eigenvalue weighted by Gasteiger charge is -2.06. The quantitative estimate of drug-likeness (QED) is 0.690. The van der Waals surface area contributed by atoms with Gasteiger partial charge in [-0.3, -0.25) is 4.98 Å². The van der Waals surface area contributed by atoms with Gasteiger partial charge in [0.15, 0.2) is 0 Å². The Morgan fingerprint density at radius 2 is 1.86 bits per heavy atom. The van der Waals surface area contributed by atoms with Crippen molar-refractivity contribution >= 4 is 49.9 Å². The molecule has 0 bridgehead atoms. The molecule has 0 aliphatic carbocycles. The minimum Gasteiger partial charge on any atom is -0.263 e. The molecule has 2 rings (SSSR count). The van der Waals surface area contributed by atoms with Crippen LogP contribution in [0.2, 0.25) is 10.0 Å². The van der Waals surface area contributed by atoms with Crippen molar-refractivity contribution in [2.75, 3.05) is 0 Å². The van der Waals surface area contributed by atoms with Gasteiger partial charge in [-0.2, -0.15) is 0 Å². The number of aryl methyl sites for hydroxylation is 1. The van der Waals surface area contributed by atoms with Gasteiger partial charge in [0.05, 0.1) is 10.0 Å². The number of benzene rings is 1. The van der Waals surface area contributed by atoms with Crippen molar-refractivity contribution in [2.24, 2.45) is 0 Å². The molecular weight excluding hydrogens is 285 g/mol. The Bertz CT molecular complexity index is 511. The van der Waals surface area contributed by atoms with Crippen LogP contribution < -0.4 is 0 Å². The highest BCUT2D eigenvalue weighted by molar-refractivity contribution is 9.10. The van der Waals surface area contributed by atoms with Gasteiger partial charge in [-0.1, -0.05) is 23.2 Å². The highest BCUT2D eigenvalue weighted by Gasteiger charge is 2.09. The van der Waals surface area contributed by atoms with E-state index in [9.17, 15) is 0 Å². The lowest BCUT2D eigenvalue weighted by molar-refractivity contribution is 1.34. The number of hydrogen-bond donors (Lipinski definition) is 0. The van der Waals surface area contributed by atoms with E-state index < -0.39 is 0 Å². The molecule has 2 aromatic rings. The van der Waals surface area contributed by atoms with Gasteiger partial charge in [-0.25, -0.2) is 0 Å². The van der Waals surface area contributed by atoms with Gasteiger partial charge in [0.1, 0.15) is 0 Å². The van der Waals surface area contributed by atoms with Crippen LogP contribution in [-0.2, 0) is 0 Å². The zero-order valence-corrected chi connectivity index (χ0v) is 10.4. The fourth-order valence-corrected chi connectivity index (χ4v) is 2.24. The summed E-state index contributed by atoms with van der Waals surface area (Å²) in [6.07, 6.45) is 3.46. The van der Waals surface area contributed by atoms with Gasteiger partial charge in [-0.05, 0) is 34.5 Å². The Balaban J connectivity index is 2.98. The van der Waals surface area contributed by atoms with Crippen LogP contribution in [-0.4, -0.2) is 4.98 Å². The standard InChI is InChI=1S/C10H6BrCl2N/c1-5-2-6-7(10(13)9(5)12)3-14-4-8(6)11/h2-4H,1H3. The van der Waals surface area contributed by atoms with E-state index in [-0.39, 0.29) is 0 Å². The number of pyridine rings is 1. The molecule has 0 radical (unpaired) electrons. The second-order valence-corrected chi connectivity index (χ2v) is 4.65. The summed E-state index contributed by atoms with van der Waals surface area (Å²) in [5.74, 6) is 0. The molecule has 0 amide bonds. The third kappa shape index (κ3) is 1.52. The van der Waals surface area contributed by atoms with E-state index in [0.717, 1.165) is 20.8 Å². The molecule has 0 saturated heterocycles. The monoisotopic (exact) mass is 289 g/mol. The zero-order valence-electron chi connectivity index (χ0n) is 7.31. The Kier molecular flexibility index (Phi) is 2.69.